The van der Waals surface area contributed by atoms with E-state index in [1.54, 1.807) is 0 Å². The molecule has 1 rings (SSSR count). The van der Waals surface area contributed by atoms with Crippen LogP contribution >= 0.6 is 0 Å². The quantitative estimate of drug-likeness (QED) is 0.507. The van der Waals surface area contributed by atoms with Gasteiger partial charge < -0.3 is 0 Å². The molecule has 0 N–H and O–H groups in total. The highest BCUT2D eigenvalue weighted by molar-refractivity contribution is 5.94. The van der Waals surface area contributed by atoms with E-state index >= 15 is 0 Å². The van der Waals surface area contributed by atoms with Gasteiger partial charge in [-0.25, -0.2) is 0 Å². The van der Waals surface area contributed by atoms with Gasteiger partial charge in [-0.05, 0) is 18.4 Å². The molecule has 0 amide bonds. The Hall–Kier alpha value is -1.11. The lowest BCUT2D eigenvalue weighted by atomic mass is 9.58. The van der Waals surface area contributed by atoms with Crippen molar-refractivity contribution < 1.29 is 4.79 Å². The Labute approximate surface area is 98.9 Å². The fourth-order valence-corrected chi connectivity index (χ4v) is 2.54. The highest BCUT2D eigenvalue weighted by Gasteiger charge is 2.44. The van der Waals surface area contributed by atoms with Gasteiger partial charge in [-0.3, -0.25) is 4.79 Å². The molecule has 16 heavy (non-hydrogen) atoms. The molecule has 0 fully saturated rings. The predicted octanol–water partition coefficient (Wildman–Crippen LogP) is 3.93. The van der Waals surface area contributed by atoms with E-state index in [9.17, 15) is 4.79 Å². The van der Waals surface area contributed by atoms with Crippen molar-refractivity contribution in [3.8, 4) is 0 Å². The van der Waals surface area contributed by atoms with E-state index < -0.39 is 0 Å². The van der Waals surface area contributed by atoms with E-state index in [-0.39, 0.29) is 22.5 Å². The van der Waals surface area contributed by atoms with Crippen molar-refractivity contribution in [1.29, 1.82) is 0 Å². The molecule has 1 aliphatic carbocycles. The van der Waals surface area contributed by atoms with E-state index in [1.165, 1.54) is 11.6 Å². The summed E-state index contributed by atoms with van der Waals surface area (Å²) in [5.74, 6) is -0.0736. The number of ketones is 1. The molecule has 1 aliphatic rings. The van der Waals surface area contributed by atoms with Crippen molar-refractivity contribution in [3.05, 3.63) is 36.5 Å². The number of allylic oxidation sites excluding steroid dienone is 4. The normalized spacial score (nSPS) is 27.2. The van der Waals surface area contributed by atoms with Crippen LogP contribution in [-0.2, 0) is 4.79 Å². The minimum absolute atomic E-state index is 0.0758. The van der Waals surface area contributed by atoms with E-state index in [4.69, 9.17) is 0 Å². The third-order valence-electron chi connectivity index (χ3n) is 3.96. The van der Waals surface area contributed by atoms with Crippen LogP contribution in [0.5, 0.6) is 0 Å². The lowest BCUT2D eigenvalue weighted by Gasteiger charge is -2.45. The third-order valence-corrected chi connectivity index (χ3v) is 3.96. The van der Waals surface area contributed by atoms with Gasteiger partial charge in [0.2, 0.25) is 0 Å². The Balaban J connectivity index is 3.36. The number of hydrogen-bond acceptors (Lipinski definition) is 1. The third kappa shape index (κ3) is 1.79. The predicted molar refractivity (Wildman–Crippen MR) is 69.2 cm³/mol. The Morgan fingerprint density at radius 2 is 1.88 bits per heavy atom. The van der Waals surface area contributed by atoms with Crippen LogP contribution in [0.4, 0.5) is 0 Å². The van der Waals surface area contributed by atoms with Crippen LogP contribution in [0.25, 0.3) is 0 Å². The van der Waals surface area contributed by atoms with E-state index in [1.807, 2.05) is 0 Å². The zero-order valence-electron chi connectivity index (χ0n) is 11.1. The molecule has 88 valence electrons. The van der Waals surface area contributed by atoms with Crippen LogP contribution < -0.4 is 0 Å². The Morgan fingerprint density at radius 3 is 2.31 bits per heavy atom. The Morgan fingerprint density at radius 1 is 1.38 bits per heavy atom. The van der Waals surface area contributed by atoms with Crippen molar-refractivity contribution in [3.63, 3.8) is 0 Å². The summed E-state index contributed by atoms with van der Waals surface area (Å²) in [5.41, 5.74) is 2.03. The first-order valence-corrected chi connectivity index (χ1v) is 5.70. The Bertz CT molecular complexity index is 380. The maximum Gasteiger partial charge on any atom is 0.163 e. The Kier molecular flexibility index (Phi) is 3.02. The molecule has 0 saturated carbocycles. The molecule has 1 heteroatoms. The summed E-state index contributed by atoms with van der Waals surface area (Å²) in [6.45, 7) is 18.3. The molecule has 0 aliphatic heterocycles. The molecule has 0 aromatic heterocycles. The molecule has 0 spiro atoms. The monoisotopic (exact) mass is 218 g/mol. The van der Waals surface area contributed by atoms with Crippen molar-refractivity contribution in [1.82, 2.24) is 0 Å². The number of carbonyl (C=O) groups excluding carboxylic acids is 1. The fourth-order valence-electron chi connectivity index (χ4n) is 2.54. The van der Waals surface area contributed by atoms with Gasteiger partial charge >= 0.3 is 0 Å². The summed E-state index contributed by atoms with van der Waals surface area (Å²) in [4.78, 5) is 12.0. The second kappa shape index (κ2) is 3.73. The van der Waals surface area contributed by atoms with Crippen LogP contribution in [0.2, 0.25) is 0 Å². The van der Waals surface area contributed by atoms with Gasteiger partial charge in [0.15, 0.2) is 5.78 Å². The number of rotatable bonds is 2. The molecular formula is C15H22O. The van der Waals surface area contributed by atoms with E-state index in [0.717, 1.165) is 5.57 Å². The van der Waals surface area contributed by atoms with Gasteiger partial charge in [0, 0.05) is 5.41 Å². The molecule has 0 aromatic carbocycles. The average molecular weight is 218 g/mol. The fraction of sp³-hybridized carbons (Fsp3) is 0.533. The maximum atomic E-state index is 12.0. The van der Waals surface area contributed by atoms with E-state index in [0.29, 0.717) is 0 Å². The second-order valence-electron chi connectivity index (χ2n) is 5.84. The van der Waals surface area contributed by atoms with Gasteiger partial charge in [-0.15, -0.1) is 0 Å². The van der Waals surface area contributed by atoms with Crippen LogP contribution in [0.3, 0.4) is 0 Å². The molecule has 0 aromatic rings. The van der Waals surface area contributed by atoms with Crippen molar-refractivity contribution in [2.24, 2.45) is 16.7 Å². The van der Waals surface area contributed by atoms with Gasteiger partial charge in [-0.1, -0.05) is 58.1 Å². The van der Waals surface area contributed by atoms with Crippen LogP contribution in [0.1, 0.15) is 34.6 Å². The van der Waals surface area contributed by atoms with Crippen LogP contribution in [0, 0.1) is 16.7 Å². The smallest absolute Gasteiger partial charge is 0.163 e. The minimum Gasteiger partial charge on any atom is -0.294 e. The number of hydrogen-bond donors (Lipinski definition) is 0. The molecule has 0 saturated heterocycles. The van der Waals surface area contributed by atoms with Gasteiger partial charge in [0.25, 0.3) is 0 Å². The minimum atomic E-state index is -0.165. The first-order valence-electron chi connectivity index (χ1n) is 5.70. The first-order chi connectivity index (χ1) is 7.14. The molecule has 0 radical (unpaired) electrons. The highest BCUT2D eigenvalue weighted by Crippen LogP contribution is 2.50. The lowest BCUT2D eigenvalue weighted by molar-refractivity contribution is -0.119. The molecule has 1 atom stereocenters. The second-order valence-corrected chi connectivity index (χ2v) is 5.84. The summed E-state index contributed by atoms with van der Waals surface area (Å²) >= 11 is 0. The lowest BCUT2D eigenvalue weighted by Crippen LogP contribution is -2.40. The van der Waals surface area contributed by atoms with Crippen molar-refractivity contribution >= 4 is 5.78 Å². The van der Waals surface area contributed by atoms with Crippen molar-refractivity contribution in [2.75, 3.05) is 0 Å². The van der Waals surface area contributed by atoms with Gasteiger partial charge in [-0.2, -0.15) is 0 Å². The zero-order chi connectivity index (χ0) is 12.7. The van der Waals surface area contributed by atoms with Gasteiger partial charge in [0.1, 0.15) is 0 Å². The number of carbonyl (C=O) groups is 1. The summed E-state index contributed by atoms with van der Waals surface area (Å²) in [5, 5.41) is 0. The molecular weight excluding hydrogens is 196 g/mol. The van der Waals surface area contributed by atoms with Crippen molar-refractivity contribution in [2.45, 2.75) is 34.6 Å². The topological polar surface area (TPSA) is 17.1 Å². The summed E-state index contributed by atoms with van der Waals surface area (Å²) in [6, 6.07) is 0. The molecule has 0 heterocycles. The molecule has 1 unspecified atom stereocenters. The summed E-state index contributed by atoms with van der Waals surface area (Å²) in [6.07, 6.45) is 3.62. The first kappa shape index (κ1) is 13.0. The SMILES string of the molecule is C=CC(=O)C1C(=C)C(C)(C)C(C)=CC1(C)C. The zero-order valence-corrected chi connectivity index (χ0v) is 11.1. The average Bonchev–Trinajstić information content (AvgIpc) is 2.14. The summed E-state index contributed by atoms with van der Waals surface area (Å²) in [7, 11) is 0. The van der Waals surface area contributed by atoms with Gasteiger partial charge in [0.05, 0.1) is 5.92 Å². The standard InChI is InChI=1S/C15H22O/c1-8-12(16)13-11(3)15(6,7)10(2)9-14(13,4)5/h8-9,13H,1,3H2,2,4-7H3. The van der Waals surface area contributed by atoms with Crippen LogP contribution in [0.15, 0.2) is 36.5 Å². The van der Waals surface area contributed by atoms with E-state index in [2.05, 4.69) is 53.9 Å². The maximum absolute atomic E-state index is 12.0. The highest BCUT2D eigenvalue weighted by atomic mass is 16.1. The van der Waals surface area contributed by atoms with Crippen LogP contribution in [-0.4, -0.2) is 5.78 Å². The molecule has 0 bridgehead atoms. The summed E-state index contributed by atoms with van der Waals surface area (Å²) < 4.78 is 0. The largest absolute Gasteiger partial charge is 0.294 e. The molecule has 1 nitrogen and oxygen atoms in total.